The van der Waals surface area contributed by atoms with Gasteiger partial charge >= 0.3 is 19.8 Å². The van der Waals surface area contributed by atoms with Crippen molar-refractivity contribution in [1.82, 2.24) is 0 Å². The van der Waals surface area contributed by atoms with Gasteiger partial charge in [0, 0.05) is 12.8 Å². The Bertz CT molecular complexity index is 1120. The van der Waals surface area contributed by atoms with E-state index in [1.807, 2.05) is 21.1 Å². The Morgan fingerprint density at radius 2 is 0.900 bits per heavy atom. The van der Waals surface area contributed by atoms with Crippen LogP contribution in [0.5, 0.6) is 0 Å². The summed E-state index contributed by atoms with van der Waals surface area (Å²) in [5, 5.41) is 0. The molecule has 0 aromatic heterocycles. The first-order valence-corrected chi connectivity index (χ1v) is 26.2. The van der Waals surface area contributed by atoms with Crippen LogP contribution in [0.3, 0.4) is 0 Å². The number of esters is 2. The van der Waals surface area contributed by atoms with Crippen LogP contribution in [0.1, 0.15) is 219 Å². The van der Waals surface area contributed by atoms with Crippen LogP contribution in [-0.2, 0) is 32.7 Å². The Hall–Kier alpha value is -1.77. The number of hydrogen-bond donors (Lipinski definition) is 1. The molecular weight excluding hydrogens is 774 g/mol. The average molecular weight is 869 g/mol. The number of nitrogens with zero attached hydrogens (tertiary/aromatic N) is 1. The van der Waals surface area contributed by atoms with Gasteiger partial charge in [0.15, 0.2) is 6.10 Å². The van der Waals surface area contributed by atoms with Crippen LogP contribution in [0.15, 0.2) is 36.5 Å². The van der Waals surface area contributed by atoms with Crippen molar-refractivity contribution < 1.29 is 42.1 Å². The maximum absolute atomic E-state index is 12.7. The maximum Gasteiger partial charge on any atom is 0.472 e. The van der Waals surface area contributed by atoms with E-state index >= 15 is 0 Å². The summed E-state index contributed by atoms with van der Waals surface area (Å²) >= 11 is 0. The molecule has 0 radical (unpaired) electrons. The van der Waals surface area contributed by atoms with Crippen molar-refractivity contribution >= 4 is 19.8 Å². The molecule has 0 bridgehead atoms. The molecule has 0 saturated heterocycles. The van der Waals surface area contributed by atoms with Gasteiger partial charge in [-0.25, -0.2) is 4.57 Å². The predicted molar refractivity (Wildman–Crippen MR) is 252 cm³/mol. The van der Waals surface area contributed by atoms with Crippen molar-refractivity contribution in [3.8, 4) is 0 Å². The Morgan fingerprint density at radius 3 is 1.37 bits per heavy atom. The molecule has 0 spiro atoms. The molecule has 0 fully saturated rings. The van der Waals surface area contributed by atoms with Crippen LogP contribution in [0.4, 0.5) is 0 Å². The molecule has 0 aromatic rings. The number of phosphoric acid groups is 1. The molecule has 9 nitrogen and oxygen atoms in total. The van der Waals surface area contributed by atoms with Crippen LogP contribution in [0.25, 0.3) is 0 Å². The first-order chi connectivity index (χ1) is 29.0. The molecule has 0 aliphatic heterocycles. The Balaban J connectivity index is 4.30. The average Bonchev–Trinajstić information content (AvgIpc) is 3.20. The third-order valence-corrected chi connectivity index (χ3v) is 11.7. The number of rotatable bonds is 45. The molecule has 10 heteroatoms. The lowest BCUT2D eigenvalue weighted by Gasteiger charge is -2.24. The first-order valence-electron chi connectivity index (χ1n) is 24.7. The van der Waals surface area contributed by atoms with Crippen LogP contribution in [0.2, 0.25) is 0 Å². The minimum atomic E-state index is -4.38. The number of allylic oxidation sites excluding steroid dienone is 6. The normalized spacial score (nSPS) is 13.8. The van der Waals surface area contributed by atoms with E-state index in [0.29, 0.717) is 17.4 Å². The molecule has 0 rings (SSSR count). The molecule has 2 atom stereocenters. The predicted octanol–water partition coefficient (Wildman–Crippen LogP) is 14.5. The minimum absolute atomic E-state index is 0.0279. The molecule has 1 N–H and O–H groups in total. The molecule has 1 unspecified atom stereocenters. The van der Waals surface area contributed by atoms with Gasteiger partial charge in [0.1, 0.15) is 19.8 Å². The number of carbonyl (C=O) groups excluding carboxylic acids is 2. The molecule has 0 heterocycles. The van der Waals surface area contributed by atoms with Crippen LogP contribution < -0.4 is 0 Å². The second kappa shape index (κ2) is 42.5. The summed E-state index contributed by atoms with van der Waals surface area (Å²) < 4.78 is 34.4. The maximum atomic E-state index is 12.7. The lowest BCUT2D eigenvalue weighted by Crippen LogP contribution is -2.37. The Labute approximate surface area is 370 Å². The number of carbonyl (C=O) groups is 2. The van der Waals surface area contributed by atoms with Crippen molar-refractivity contribution in [2.24, 2.45) is 0 Å². The van der Waals surface area contributed by atoms with Gasteiger partial charge in [-0.15, -0.1) is 0 Å². The van der Waals surface area contributed by atoms with Crippen molar-refractivity contribution in [2.75, 3.05) is 47.5 Å². The molecule has 0 saturated carbocycles. The molecule has 0 aliphatic rings. The minimum Gasteiger partial charge on any atom is -0.462 e. The quantitative estimate of drug-likeness (QED) is 0.0212. The second-order valence-corrected chi connectivity index (χ2v) is 19.3. The SMILES string of the molecule is CCCCC/C=C\C/C=C\C/C=C\CCCCCCC(=O)O[C@H](COC(=O)CCCCCCCCCCCCCCCCCCCCC)COP(=O)(O)OCC[N+](C)(C)C. The summed E-state index contributed by atoms with van der Waals surface area (Å²) in [6, 6.07) is 0. The van der Waals surface area contributed by atoms with Gasteiger partial charge in [0.25, 0.3) is 0 Å². The van der Waals surface area contributed by atoms with Gasteiger partial charge in [-0.2, -0.15) is 0 Å². The lowest BCUT2D eigenvalue weighted by molar-refractivity contribution is -0.870. The van der Waals surface area contributed by atoms with Gasteiger partial charge < -0.3 is 18.9 Å². The summed E-state index contributed by atoms with van der Waals surface area (Å²) in [7, 11) is 1.47. The van der Waals surface area contributed by atoms with Crippen LogP contribution in [0, 0.1) is 0 Å². The zero-order valence-corrected chi connectivity index (χ0v) is 40.6. The molecular formula is C50H95NO8P+. The van der Waals surface area contributed by atoms with E-state index < -0.39 is 26.5 Å². The fourth-order valence-corrected chi connectivity index (χ4v) is 7.53. The highest BCUT2D eigenvalue weighted by atomic mass is 31.2. The second-order valence-electron chi connectivity index (χ2n) is 17.9. The van der Waals surface area contributed by atoms with Crippen molar-refractivity contribution in [1.29, 1.82) is 0 Å². The lowest BCUT2D eigenvalue weighted by atomic mass is 10.0. The van der Waals surface area contributed by atoms with Crippen LogP contribution in [-0.4, -0.2) is 74.9 Å². The van der Waals surface area contributed by atoms with Crippen molar-refractivity contribution in [3.63, 3.8) is 0 Å². The Kier molecular flexibility index (Phi) is 41.3. The number of ether oxygens (including phenoxy) is 2. The fourth-order valence-electron chi connectivity index (χ4n) is 6.79. The van der Waals surface area contributed by atoms with E-state index in [1.165, 1.54) is 128 Å². The highest BCUT2D eigenvalue weighted by Crippen LogP contribution is 2.43. The summed E-state index contributed by atoms with van der Waals surface area (Å²) in [5.41, 5.74) is 0. The highest BCUT2D eigenvalue weighted by molar-refractivity contribution is 7.47. The summed E-state index contributed by atoms with van der Waals surface area (Å²) in [4.78, 5) is 35.5. The first kappa shape index (κ1) is 58.2. The van der Waals surface area contributed by atoms with E-state index in [0.717, 1.165) is 57.8 Å². The van der Waals surface area contributed by atoms with E-state index in [-0.39, 0.29) is 32.0 Å². The third-order valence-electron chi connectivity index (χ3n) is 10.7. The van der Waals surface area contributed by atoms with Gasteiger partial charge in [-0.1, -0.05) is 192 Å². The van der Waals surface area contributed by atoms with E-state index in [9.17, 15) is 19.0 Å². The Morgan fingerprint density at radius 1 is 0.517 bits per heavy atom. The van der Waals surface area contributed by atoms with Gasteiger partial charge in [0.05, 0.1) is 27.7 Å². The van der Waals surface area contributed by atoms with E-state index in [1.54, 1.807) is 0 Å². The summed E-state index contributed by atoms with van der Waals surface area (Å²) in [5.74, 6) is -0.815. The van der Waals surface area contributed by atoms with Gasteiger partial charge in [0.2, 0.25) is 0 Å². The number of phosphoric ester groups is 1. The largest absolute Gasteiger partial charge is 0.472 e. The smallest absolute Gasteiger partial charge is 0.462 e. The topological polar surface area (TPSA) is 108 Å². The number of quaternary nitrogens is 1. The van der Waals surface area contributed by atoms with E-state index in [4.69, 9.17) is 18.5 Å². The molecule has 0 aromatic carbocycles. The standard InChI is InChI=1S/C50H94NO8P/c1-6-8-10-12-14-16-18-20-22-24-25-27-28-30-32-34-36-38-40-42-49(52)56-46-48(47-58-60(54,55)57-45-44-51(3,4)5)59-50(53)43-41-39-37-35-33-31-29-26-23-21-19-17-15-13-11-9-7-2/h15,17,21,23,29,31,48H,6-14,16,18-20,22,24-28,30,32-47H2,1-5H3/p+1/b17-15-,23-21-,31-29-/t48-/m1/s1. The fraction of sp³-hybridized carbons (Fsp3) is 0.840. The monoisotopic (exact) mass is 869 g/mol. The number of unbranched alkanes of at least 4 members (excludes halogenated alkanes) is 25. The number of likely N-dealkylation sites (N-methyl/N-ethyl adjacent to an activating group) is 1. The highest BCUT2D eigenvalue weighted by Gasteiger charge is 2.27. The molecule has 0 amide bonds. The van der Waals surface area contributed by atoms with Gasteiger partial charge in [-0.3, -0.25) is 18.6 Å². The van der Waals surface area contributed by atoms with Crippen LogP contribution >= 0.6 is 7.82 Å². The molecule has 352 valence electrons. The molecule has 60 heavy (non-hydrogen) atoms. The molecule has 0 aliphatic carbocycles. The summed E-state index contributed by atoms with van der Waals surface area (Å²) in [6.45, 7) is 4.40. The van der Waals surface area contributed by atoms with Gasteiger partial charge in [-0.05, 0) is 51.4 Å². The van der Waals surface area contributed by atoms with Crippen molar-refractivity contribution in [3.05, 3.63) is 36.5 Å². The summed E-state index contributed by atoms with van der Waals surface area (Å²) in [6.07, 6.45) is 49.0. The zero-order chi connectivity index (χ0) is 44.3. The zero-order valence-electron chi connectivity index (χ0n) is 39.7. The third kappa shape index (κ3) is 45.7. The number of hydrogen-bond acceptors (Lipinski definition) is 7. The van der Waals surface area contributed by atoms with E-state index in [2.05, 4.69) is 50.3 Å². The van der Waals surface area contributed by atoms with Crippen molar-refractivity contribution in [2.45, 2.75) is 225 Å².